The van der Waals surface area contributed by atoms with Gasteiger partial charge in [0.25, 0.3) is 0 Å². The Hall–Kier alpha value is -1.65. The summed E-state index contributed by atoms with van der Waals surface area (Å²) < 4.78 is 0. The Morgan fingerprint density at radius 1 is 1.35 bits per heavy atom. The van der Waals surface area contributed by atoms with E-state index in [0.717, 1.165) is 43.1 Å². The second-order valence-electron chi connectivity index (χ2n) is 5.78. The third kappa shape index (κ3) is 3.26. The average Bonchev–Trinajstić information content (AvgIpc) is 2.63. The first-order valence-electron chi connectivity index (χ1n) is 7.34. The largest absolute Gasteiger partial charge is 0.480 e. The number of hydrogen-bond donors (Lipinski definition) is 1. The quantitative estimate of drug-likeness (QED) is 0.920. The number of anilines is 1. The minimum Gasteiger partial charge on any atom is -0.480 e. The fraction of sp³-hybridized carbons (Fsp3) is 0.667. The third-order valence-corrected chi connectivity index (χ3v) is 3.71. The second-order valence-corrected chi connectivity index (χ2v) is 5.78. The van der Waals surface area contributed by atoms with E-state index in [0.29, 0.717) is 6.42 Å². The van der Waals surface area contributed by atoms with Crippen molar-refractivity contribution in [1.29, 1.82) is 0 Å². The topological polar surface area (TPSA) is 66.3 Å². The molecule has 1 aliphatic heterocycles. The van der Waals surface area contributed by atoms with Crippen molar-refractivity contribution in [2.75, 3.05) is 11.4 Å². The molecular formula is C15H23N3O2. The standard InChI is InChI=1S/C15H23N3O2/c1-10(2)14-16-11(3)9-13(17-14)18-8-6-4-5-7-12(18)15(19)20/h9-10,12H,4-8H2,1-3H3,(H,19,20). The van der Waals surface area contributed by atoms with Crippen LogP contribution in [-0.4, -0.2) is 33.6 Å². The minimum absolute atomic E-state index is 0.240. The molecule has 1 N–H and O–H groups in total. The first-order chi connectivity index (χ1) is 9.49. The summed E-state index contributed by atoms with van der Waals surface area (Å²) in [6, 6.07) is 1.43. The van der Waals surface area contributed by atoms with Gasteiger partial charge in [-0.25, -0.2) is 14.8 Å². The van der Waals surface area contributed by atoms with Crippen LogP contribution >= 0.6 is 0 Å². The smallest absolute Gasteiger partial charge is 0.326 e. The van der Waals surface area contributed by atoms with E-state index in [-0.39, 0.29) is 5.92 Å². The Morgan fingerprint density at radius 3 is 2.75 bits per heavy atom. The van der Waals surface area contributed by atoms with Gasteiger partial charge in [-0.3, -0.25) is 0 Å². The summed E-state index contributed by atoms with van der Waals surface area (Å²) >= 11 is 0. The summed E-state index contributed by atoms with van der Waals surface area (Å²) in [6.07, 6.45) is 3.76. The van der Waals surface area contributed by atoms with Crippen molar-refractivity contribution in [1.82, 2.24) is 9.97 Å². The molecule has 1 aliphatic rings. The summed E-state index contributed by atoms with van der Waals surface area (Å²) in [7, 11) is 0. The monoisotopic (exact) mass is 277 g/mol. The number of aromatic nitrogens is 2. The van der Waals surface area contributed by atoms with Crippen LogP contribution in [0.3, 0.4) is 0 Å². The average molecular weight is 277 g/mol. The molecule has 0 bridgehead atoms. The van der Waals surface area contributed by atoms with E-state index in [1.165, 1.54) is 0 Å². The number of aliphatic carboxylic acids is 1. The van der Waals surface area contributed by atoms with Gasteiger partial charge in [-0.05, 0) is 19.8 Å². The van der Waals surface area contributed by atoms with Crippen molar-refractivity contribution in [2.24, 2.45) is 0 Å². The SMILES string of the molecule is Cc1cc(N2CCCCCC2C(=O)O)nc(C(C)C)n1. The molecule has 1 aromatic rings. The summed E-state index contributed by atoms with van der Waals surface area (Å²) in [5.74, 6) is 1.03. The van der Waals surface area contributed by atoms with Crippen LogP contribution in [0, 0.1) is 6.92 Å². The number of rotatable bonds is 3. The van der Waals surface area contributed by atoms with E-state index in [1.54, 1.807) is 0 Å². The lowest BCUT2D eigenvalue weighted by atomic mass is 10.1. The highest BCUT2D eigenvalue weighted by molar-refractivity contribution is 5.77. The molecule has 20 heavy (non-hydrogen) atoms. The molecule has 1 atom stereocenters. The van der Waals surface area contributed by atoms with Gasteiger partial charge < -0.3 is 10.0 Å². The van der Waals surface area contributed by atoms with E-state index < -0.39 is 12.0 Å². The van der Waals surface area contributed by atoms with E-state index >= 15 is 0 Å². The van der Waals surface area contributed by atoms with E-state index in [1.807, 2.05) is 17.9 Å². The van der Waals surface area contributed by atoms with Crippen LogP contribution in [0.5, 0.6) is 0 Å². The van der Waals surface area contributed by atoms with Crippen LogP contribution in [0.15, 0.2) is 6.07 Å². The normalized spacial score (nSPS) is 20.0. The molecule has 1 aromatic heterocycles. The molecule has 1 saturated heterocycles. The second kappa shape index (κ2) is 6.20. The van der Waals surface area contributed by atoms with Gasteiger partial charge in [-0.1, -0.05) is 26.7 Å². The van der Waals surface area contributed by atoms with Crippen LogP contribution in [0.4, 0.5) is 5.82 Å². The molecule has 0 amide bonds. The summed E-state index contributed by atoms with van der Waals surface area (Å²) in [5.41, 5.74) is 0.895. The molecule has 110 valence electrons. The predicted molar refractivity (Wildman–Crippen MR) is 78.1 cm³/mol. The van der Waals surface area contributed by atoms with Gasteiger partial charge in [-0.2, -0.15) is 0 Å². The van der Waals surface area contributed by atoms with Gasteiger partial charge >= 0.3 is 5.97 Å². The van der Waals surface area contributed by atoms with Crippen LogP contribution in [0.2, 0.25) is 0 Å². The molecule has 1 fully saturated rings. The predicted octanol–water partition coefficient (Wildman–Crippen LogP) is 2.74. The number of nitrogens with zero attached hydrogens (tertiary/aromatic N) is 3. The number of carboxylic acids is 1. The molecule has 1 unspecified atom stereocenters. The summed E-state index contributed by atoms with van der Waals surface area (Å²) in [6.45, 7) is 6.79. The van der Waals surface area contributed by atoms with Gasteiger partial charge in [0.15, 0.2) is 0 Å². The third-order valence-electron chi connectivity index (χ3n) is 3.71. The molecule has 5 nitrogen and oxygen atoms in total. The van der Waals surface area contributed by atoms with Gasteiger partial charge in [0.2, 0.25) is 0 Å². The van der Waals surface area contributed by atoms with Crippen molar-refractivity contribution in [3.8, 4) is 0 Å². The molecule has 0 spiro atoms. The van der Waals surface area contributed by atoms with Crippen LogP contribution in [0.1, 0.15) is 57.0 Å². The maximum atomic E-state index is 11.5. The Balaban J connectivity index is 2.38. The fourth-order valence-electron chi connectivity index (χ4n) is 2.62. The van der Waals surface area contributed by atoms with Crippen molar-refractivity contribution in [2.45, 2.75) is 58.4 Å². The van der Waals surface area contributed by atoms with Gasteiger partial charge in [0.05, 0.1) is 0 Å². The Labute approximate surface area is 120 Å². The molecule has 2 rings (SSSR count). The zero-order chi connectivity index (χ0) is 14.7. The molecule has 0 aromatic carbocycles. The summed E-state index contributed by atoms with van der Waals surface area (Å²) in [5, 5.41) is 9.46. The first kappa shape index (κ1) is 14.8. The van der Waals surface area contributed by atoms with Gasteiger partial charge in [-0.15, -0.1) is 0 Å². The molecular weight excluding hydrogens is 254 g/mol. The number of hydrogen-bond acceptors (Lipinski definition) is 4. The molecule has 0 radical (unpaired) electrons. The lowest BCUT2D eigenvalue weighted by Crippen LogP contribution is -2.41. The van der Waals surface area contributed by atoms with Crippen LogP contribution in [-0.2, 0) is 4.79 Å². The van der Waals surface area contributed by atoms with Crippen molar-refractivity contribution < 1.29 is 9.90 Å². The van der Waals surface area contributed by atoms with Crippen molar-refractivity contribution in [3.63, 3.8) is 0 Å². The lowest BCUT2D eigenvalue weighted by Gasteiger charge is -2.28. The number of carboxylic acid groups (broad SMARTS) is 1. The van der Waals surface area contributed by atoms with Gasteiger partial charge in [0, 0.05) is 24.2 Å². The zero-order valence-electron chi connectivity index (χ0n) is 12.5. The Kier molecular flexibility index (Phi) is 4.57. The van der Waals surface area contributed by atoms with E-state index in [4.69, 9.17) is 0 Å². The molecule has 0 aliphatic carbocycles. The Morgan fingerprint density at radius 2 is 2.10 bits per heavy atom. The summed E-state index contributed by atoms with van der Waals surface area (Å²) in [4.78, 5) is 22.5. The highest BCUT2D eigenvalue weighted by Gasteiger charge is 2.28. The molecule has 2 heterocycles. The Bertz CT molecular complexity index is 488. The van der Waals surface area contributed by atoms with E-state index in [9.17, 15) is 9.90 Å². The van der Waals surface area contributed by atoms with Gasteiger partial charge in [0.1, 0.15) is 17.7 Å². The molecule has 0 saturated carbocycles. The lowest BCUT2D eigenvalue weighted by molar-refractivity contribution is -0.138. The maximum absolute atomic E-state index is 11.5. The maximum Gasteiger partial charge on any atom is 0.326 e. The fourth-order valence-corrected chi connectivity index (χ4v) is 2.62. The molecule has 5 heteroatoms. The zero-order valence-corrected chi connectivity index (χ0v) is 12.5. The van der Waals surface area contributed by atoms with Crippen LogP contribution in [0.25, 0.3) is 0 Å². The van der Waals surface area contributed by atoms with Crippen molar-refractivity contribution in [3.05, 3.63) is 17.6 Å². The first-order valence-corrected chi connectivity index (χ1v) is 7.34. The number of aryl methyl sites for hydroxylation is 1. The van der Waals surface area contributed by atoms with Crippen molar-refractivity contribution >= 4 is 11.8 Å². The van der Waals surface area contributed by atoms with E-state index in [2.05, 4.69) is 23.8 Å². The van der Waals surface area contributed by atoms with Crippen LogP contribution < -0.4 is 4.90 Å². The highest BCUT2D eigenvalue weighted by Crippen LogP contribution is 2.24. The highest BCUT2D eigenvalue weighted by atomic mass is 16.4. The number of carbonyl (C=O) groups is 1. The minimum atomic E-state index is -0.755.